The number of benzene rings is 1. The van der Waals surface area contributed by atoms with Crippen LogP contribution in [0.4, 0.5) is 0 Å². The van der Waals surface area contributed by atoms with Crippen LogP contribution >= 0.6 is 39.7 Å². The topological polar surface area (TPSA) is 92.4 Å². The van der Waals surface area contributed by atoms with Crippen molar-refractivity contribution in [3.63, 3.8) is 0 Å². The number of amides is 2. The maximum Gasteiger partial charge on any atom is 0.269 e. The largest absolute Gasteiger partial charge is 0.482 e. The molecule has 0 radical (unpaired) electrons. The molecule has 0 aliphatic heterocycles. The maximum atomic E-state index is 11.8. The molecule has 1 aromatic heterocycles. The Bertz CT molecular complexity index is 792. The van der Waals surface area contributed by atoms with Gasteiger partial charge in [-0.25, -0.2) is 0 Å². The lowest BCUT2D eigenvalue weighted by molar-refractivity contribution is -0.121. The van der Waals surface area contributed by atoms with Crippen molar-refractivity contribution in [3.8, 4) is 5.75 Å². The fraction of sp³-hybridized carbons (Fsp3) is 0.0667. The Morgan fingerprint density at radius 1 is 1.20 bits per heavy atom. The summed E-state index contributed by atoms with van der Waals surface area (Å²) >= 11 is 14.2. The second kappa shape index (κ2) is 9.30. The van der Waals surface area contributed by atoms with Gasteiger partial charge in [-0.1, -0.05) is 27.5 Å². The van der Waals surface area contributed by atoms with Gasteiger partial charge < -0.3 is 4.74 Å². The Balaban J connectivity index is 1.74. The third-order valence-electron chi connectivity index (χ3n) is 2.74. The highest BCUT2D eigenvalue weighted by atomic mass is 79.9. The van der Waals surface area contributed by atoms with Crippen molar-refractivity contribution >= 4 is 56.7 Å². The van der Waals surface area contributed by atoms with E-state index in [1.165, 1.54) is 24.5 Å². The Morgan fingerprint density at radius 3 is 2.60 bits per heavy atom. The van der Waals surface area contributed by atoms with E-state index in [-0.39, 0.29) is 11.7 Å². The number of carbonyl (C=O) groups excluding carboxylic acids is 2. The van der Waals surface area contributed by atoms with Gasteiger partial charge in [-0.05, 0) is 42.5 Å². The van der Waals surface area contributed by atoms with Crippen molar-refractivity contribution in [3.05, 3.63) is 57.8 Å². The molecule has 130 valence electrons. The first kappa shape index (κ1) is 19.1. The van der Waals surface area contributed by atoms with Gasteiger partial charge in [0.2, 0.25) is 0 Å². The fourth-order valence-corrected chi connectivity index (χ4v) is 2.51. The first-order chi connectivity index (χ1) is 12.0. The molecular weight excluding hydrogens is 432 g/mol. The van der Waals surface area contributed by atoms with Crippen molar-refractivity contribution in [2.75, 3.05) is 6.61 Å². The number of ether oxygens (including phenoxy) is 1. The summed E-state index contributed by atoms with van der Waals surface area (Å²) in [4.78, 5) is 27.4. The number of halogens is 2. The summed E-state index contributed by atoms with van der Waals surface area (Å²) in [6, 6.07) is 8.09. The Hall–Kier alpha value is -2.23. The van der Waals surface area contributed by atoms with Crippen LogP contribution < -0.4 is 20.9 Å². The van der Waals surface area contributed by atoms with Gasteiger partial charge in [0.15, 0.2) is 11.7 Å². The second-order valence-electron chi connectivity index (χ2n) is 4.56. The molecule has 25 heavy (non-hydrogen) atoms. The number of hydrogen-bond donors (Lipinski definition) is 3. The SMILES string of the molecule is O=C(COc1ccc(Br)cc1Cl)NC(=S)NNC(=O)c1ccncc1. The molecule has 0 aliphatic rings. The van der Waals surface area contributed by atoms with Gasteiger partial charge in [0.1, 0.15) is 5.75 Å². The number of nitrogens with zero attached hydrogens (tertiary/aromatic N) is 1. The van der Waals surface area contributed by atoms with Crippen LogP contribution in [-0.2, 0) is 4.79 Å². The molecule has 3 N–H and O–H groups in total. The van der Waals surface area contributed by atoms with Crippen LogP contribution in [0.25, 0.3) is 0 Å². The number of hydrogen-bond acceptors (Lipinski definition) is 5. The highest BCUT2D eigenvalue weighted by molar-refractivity contribution is 9.10. The van der Waals surface area contributed by atoms with E-state index < -0.39 is 11.8 Å². The molecule has 0 spiro atoms. The number of carbonyl (C=O) groups is 2. The zero-order valence-corrected chi connectivity index (χ0v) is 15.7. The Kier molecular flexibility index (Phi) is 7.11. The third-order valence-corrected chi connectivity index (χ3v) is 3.73. The number of rotatable bonds is 4. The van der Waals surface area contributed by atoms with Gasteiger partial charge in [0.25, 0.3) is 11.8 Å². The van der Waals surface area contributed by atoms with Crippen molar-refractivity contribution in [1.29, 1.82) is 0 Å². The molecular formula is C15H12BrClN4O3S. The van der Waals surface area contributed by atoms with Crippen molar-refractivity contribution in [1.82, 2.24) is 21.2 Å². The van der Waals surface area contributed by atoms with Crippen LogP contribution in [0.1, 0.15) is 10.4 Å². The predicted octanol–water partition coefficient (Wildman–Crippen LogP) is 2.21. The summed E-state index contributed by atoms with van der Waals surface area (Å²) in [7, 11) is 0. The Labute approximate surface area is 162 Å². The third kappa shape index (κ3) is 6.29. The Morgan fingerprint density at radius 2 is 1.92 bits per heavy atom. The normalized spacial score (nSPS) is 9.84. The average Bonchev–Trinajstić information content (AvgIpc) is 2.59. The van der Waals surface area contributed by atoms with Gasteiger partial charge in [0.05, 0.1) is 5.02 Å². The van der Waals surface area contributed by atoms with Gasteiger partial charge in [0, 0.05) is 22.4 Å². The first-order valence-electron chi connectivity index (χ1n) is 6.84. The molecule has 1 aromatic carbocycles. The lowest BCUT2D eigenvalue weighted by Gasteiger charge is -2.11. The number of aromatic nitrogens is 1. The summed E-state index contributed by atoms with van der Waals surface area (Å²) in [5.74, 6) is -0.559. The predicted molar refractivity (Wildman–Crippen MR) is 100 cm³/mol. The van der Waals surface area contributed by atoms with Crippen LogP contribution in [0.2, 0.25) is 5.02 Å². The van der Waals surface area contributed by atoms with Crippen LogP contribution in [0.15, 0.2) is 47.2 Å². The van der Waals surface area contributed by atoms with E-state index in [0.717, 1.165) is 4.47 Å². The fourth-order valence-electron chi connectivity index (χ4n) is 1.62. The van der Waals surface area contributed by atoms with Crippen LogP contribution in [0.5, 0.6) is 5.75 Å². The van der Waals surface area contributed by atoms with Crippen LogP contribution in [-0.4, -0.2) is 28.5 Å². The molecule has 0 atom stereocenters. The van der Waals surface area contributed by atoms with Crippen LogP contribution in [0, 0.1) is 0 Å². The highest BCUT2D eigenvalue weighted by Crippen LogP contribution is 2.27. The smallest absolute Gasteiger partial charge is 0.269 e. The van der Waals surface area contributed by atoms with E-state index in [1.54, 1.807) is 18.2 Å². The van der Waals surface area contributed by atoms with Crippen LogP contribution in [0.3, 0.4) is 0 Å². The quantitative estimate of drug-likeness (QED) is 0.496. The van der Waals surface area contributed by atoms with E-state index in [1.807, 2.05) is 0 Å². The summed E-state index contributed by atoms with van der Waals surface area (Å²) in [5.41, 5.74) is 5.17. The molecule has 0 saturated carbocycles. The van der Waals surface area contributed by atoms with E-state index in [2.05, 4.69) is 37.1 Å². The summed E-state index contributed by atoms with van der Waals surface area (Å²) in [5, 5.41) is 2.66. The van der Waals surface area contributed by atoms with Crippen molar-refractivity contribution < 1.29 is 14.3 Å². The van der Waals surface area contributed by atoms with Crippen molar-refractivity contribution in [2.45, 2.75) is 0 Å². The monoisotopic (exact) mass is 442 g/mol. The molecule has 2 amide bonds. The number of thiocarbonyl (C=S) groups is 1. The standard InChI is InChI=1S/C15H12BrClN4O3S/c16-10-1-2-12(11(17)7-10)24-8-13(22)19-15(25)21-20-14(23)9-3-5-18-6-4-9/h1-7H,8H2,(H,20,23)(H2,19,21,22,25). The number of nitrogens with one attached hydrogen (secondary N) is 3. The highest BCUT2D eigenvalue weighted by Gasteiger charge is 2.09. The molecule has 0 bridgehead atoms. The molecule has 1 heterocycles. The second-order valence-corrected chi connectivity index (χ2v) is 6.29. The molecule has 2 rings (SSSR count). The summed E-state index contributed by atoms with van der Waals surface area (Å²) in [6.07, 6.45) is 2.97. The van der Waals surface area contributed by atoms with E-state index in [0.29, 0.717) is 16.3 Å². The molecule has 0 fully saturated rings. The number of pyridine rings is 1. The molecule has 0 saturated heterocycles. The molecule has 2 aromatic rings. The minimum Gasteiger partial charge on any atom is -0.482 e. The van der Waals surface area contributed by atoms with Gasteiger partial charge >= 0.3 is 0 Å². The first-order valence-corrected chi connectivity index (χ1v) is 8.41. The minimum absolute atomic E-state index is 0.0714. The van der Waals surface area contributed by atoms with Gasteiger partial charge in [-0.15, -0.1) is 0 Å². The zero-order valence-electron chi connectivity index (χ0n) is 12.6. The van der Waals surface area contributed by atoms with E-state index >= 15 is 0 Å². The zero-order chi connectivity index (χ0) is 18.2. The van der Waals surface area contributed by atoms with Crippen molar-refractivity contribution in [2.24, 2.45) is 0 Å². The lowest BCUT2D eigenvalue weighted by atomic mass is 10.3. The maximum absolute atomic E-state index is 11.8. The van der Waals surface area contributed by atoms with E-state index in [4.69, 9.17) is 28.6 Å². The van der Waals surface area contributed by atoms with Gasteiger partial charge in [-0.2, -0.15) is 0 Å². The summed E-state index contributed by atoms with van der Waals surface area (Å²) < 4.78 is 6.10. The molecule has 0 aliphatic carbocycles. The average molecular weight is 444 g/mol. The molecule has 0 unspecified atom stereocenters. The van der Waals surface area contributed by atoms with E-state index in [9.17, 15) is 9.59 Å². The number of hydrazine groups is 1. The lowest BCUT2D eigenvalue weighted by Crippen LogP contribution is -2.49. The summed E-state index contributed by atoms with van der Waals surface area (Å²) in [6.45, 7) is -0.290. The molecule has 10 heteroatoms. The minimum atomic E-state index is -0.505. The van der Waals surface area contributed by atoms with Gasteiger partial charge in [-0.3, -0.25) is 30.7 Å². The molecule has 7 nitrogen and oxygen atoms in total.